The molecule has 1 aromatic heterocycles. The first kappa shape index (κ1) is 20.2. The topological polar surface area (TPSA) is 67.8 Å². The SMILES string of the molecule is CCNC(=NCc1ccc(C)cc1OCCOC)NCc1cnc(C)s1. The van der Waals surface area contributed by atoms with Gasteiger partial charge < -0.3 is 20.1 Å². The Kier molecular flexibility index (Phi) is 8.37. The van der Waals surface area contributed by atoms with Crippen molar-refractivity contribution in [1.82, 2.24) is 15.6 Å². The monoisotopic (exact) mass is 376 g/mol. The molecule has 7 heteroatoms. The van der Waals surface area contributed by atoms with Crippen molar-refractivity contribution >= 4 is 17.3 Å². The third-order valence-corrected chi connectivity index (χ3v) is 4.53. The molecule has 0 aliphatic heterocycles. The van der Waals surface area contributed by atoms with Gasteiger partial charge in [0.2, 0.25) is 0 Å². The zero-order valence-corrected chi connectivity index (χ0v) is 16.8. The highest BCUT2D eigenvalue weighted by molar-refractivity contribution is 7.11. The molecule has 0 saturated carbocycles. The second-order valence-electron chi connectivity index (χ2n) is 5.85. The van der Waals surface area contributed by atoms with Crippen LogP contribution in [-0.4, -0.2) is 37.8 Å². The molecule has 142 valence electrons. The van der Waals surface area contributed by atoms with Gasteiger partial charge in [-0.3, -0.25) is 0 Å². The van der Waals surface area contributed by atoms with Gasteiger partial charge in [-0.25, -0.2) is 9.98 Å². The van der Waals surface area contributed by atoms with Crippen molar-refractivity contribution < 1.29 is 9.47 Å². The number of guanidine groups is 1. The third kappa shape index (κ3) is 6.65. The second-order valence-corrected chi connectivity index (χ2v) is 7.17. The van der Waals surface area contributed by atoms with Gasteiger partial charge >= 0.3 is 0 Å². The molecule has 0 radical (unpaired) electrons. The summed E-state index contributed by atoms with van der Waals surface area (Å²) in [5.74, 6) is 1.64. The van der Waals surface area contributed by atoms with Crippen molar-refractivity contribution in [2.45, 2.75) is 33.9 Å². The molecule has 6 nitrogen and oxygen atoms in total. The van der Waals surface area contributed by atoms with E-state index in [2.05, 4.69) is 41.6 Å². The molecule has 1 heterocycles. The van der Waals surface area contributed by atoms with Gasteiger partial charge in [-0.15, -0.1) is 11.3 Å². The third-order valence-electron chi connectivity index (χ3n) is 3.62. The van der Waals surface area contributed by atoms with Crippen LogP contribution in [-0.2, 0) is 17.8 Å². The van der Waals surface area contributed by atoms with Gasteiger partial charge in [0.25, 0.3) is 0 Å². The highest BCUT2D eigenvalue weighted by Gasteiger charge is 2.06. The first-order valence-electron chi connectivity index (χ1n) is 8.77. The van der Waals surface area contributed by atoms with Crippen LogP contribution in [0, 0.1) is 13.8 Å². The Hall–Kier alpha value is -2.12. The fraction of sp³-hybridized carbons (Fsp3) is 0.474. The van der Waals surface area contributed by atoms with E-state index in [4.69, 9.17) is 14.5 Å². The molecule has 0 amide bonds. The Morgan fingerprint density at radius 3 is 2.77 bits per heavy atom. The van der Waals surface area contributed by atoms with Crippen molar-refractivity contribution in [3.8, 4) is 5.75 Å². The molecule has 0 unspecified atom stereocenters. The molecule has 2 aromatic rings. The number of methoxy groups -OCH3 is 1. The lowest BCUT2D eigenvalue weighted by Crippen LogP contribution is -2.36. The first-order valence-corrected chi connectivity index (χ1v) is 9.58. The Bertz CT molecular complexity index is 715. The van der Waals surface area contributed by atoms with E-state index in [1.165, 1.54) is 4.88 Å². The van der Waals surface area contributed by atoms with E-state index in [9.17, 15) is 0 Å². The predicted octanol–water partition coefficient (Wildman–Crippen LogP) is 3.04. The summed E-state index contributed by atoms with van der Waals surface area (Å²) in [5.41, 5.74) is 2.22. The maximum atomic E-state index is 5.84. The van der Waals surface area contributed by atoms with E-state index in [0.29, 0.717) is 26.3 Å². The van der Waals surface area contributed by atoms with Crippen molar-refractivity contribution in [2.24, 2.45) is 4.99 Å². The summed E-state index contributed by atoms with van der Waals surface area (Å²) in [6.07, 6.45) is 1.90. The number of aromatic nitrogens is 1. The fourth-order valence-electron chi connectivity index (χ4n) is 2.33. The van der Waals surface area contributed by atoms with Crippen molar-refractivity contribution in [2.75, 3.05) is 26.9 Å². The van der Waals surface area contributed by atoms with Crippen LogP contribution in [0.5, 0.6) is 5.75 Å². The summed E-state index contributed by atoms with van der Waals surface area (Å²) in [7, 11) is 1.67. The first-order chi connectivity index (χ1) is 12.6. The summed E-state index contributed by atoms with van der Waals surface area (Å²) >= 11 is 1.69. The largest absolute Gasteiger partial charge is 0.491 e. The Morgan fingerprint density at radius 1 is 1.23 bits per heavy atom. The van der Waals surface area contributed by atoms with Gasteiger partial charge in [-0.05, 0) is 32.4 Å². The highest BCUT2D eigenvalue weighted by atomic mass is 32.1. The zero-order valence-electron chi connectivity index (χ0n) is 16.0. The number of hydrogen-bond acceptors (Lipinski definition) is 5. The van der Waals surface area contributed by atoms with E-state index in [-0.39, 0.29) is 0 Å². The molecular weight excluding hydrogens is 348 g/mol. The van der Waals surface area contributed by atoms with Gasteiger partial charge in [-0.1, -0.05) is 12.1 Å². The molecule has 0 fully saturated rings. The minimum atomic E-state index is 0.527. The van der Waals surface area contributed by atoms with Crippen LogP contribution in [0.25, 0.3) is 0 Å². The zero-order chi connectivity index (χ0) is 18.8. The quantitative estimate of drug-likeness (QED) is 0.400. The lowest BCUT2D eigenvalue weighted by atomic mass is 10.1. The maximum Gasteiger partial charge on any atom is 0.191 e. The minimum Gasteiger partial charge on any atom is -0.491 e. The van der Waals surface area contributed by atoms with E-state index in [0.717, 1.165) is 34.4 Å². The number of thiazole rings is 1. The van der Waals surface area contributed by atoms with Crippen LogP contribution < -0.4 is 15.4 Å². The van der Waals surface area contributed by atoms with E-state index in [1.807, 2.05) is 19.2 Å². The Labute approximate surface area is 159 Å². The molecule has 0 aliphatic carbocycles. The Balaban J connectivity index is 2.03. The van der Waals surface area contributed by atoms with E-state index >= 15 is 0 Å². The van der Waals surface area contributed by atoms with Crippen molar-refractivity contribution in [1.29, 1.82) is 0 Å². The lowest BCUT2D eigenvalue weighted by molar-refractivity contribution is 0.145. The molecular formula is C19H28N4O2S. The average molecular weight is 377 g/mol. The van der Waals surface area contributed by atoms with Crippen LogP contribution in [0.4, 0.5) is 0 Å². The maximum absolute atomic E-state index is 5.84. The number of rotatable bonds is 9. The average Bonchev–Trinajstić information content (AvgIpc) is 3.04. The van der Waals surface area contributed by atoms with Crippen molar-refractivity contribution in [3.05, 3.63) is 45.4 Å². The summed E-state index contributed by atoms with van der Waals surface area (Å²) in [6.45, 7) is 9.27. The van der Waals surface area contributed by atoms with E-state index in [1.54, 1.807) is 18.4 Å². The molecule has 0 spiro atoms. The number of aliphatic imine (C=N–C) groups is 1. The molecule has 2 N–H and O–H groups in total. The van der Waals surface area contributed by atoms with Crippen LogP contribution in [0.1, 0.15) is 27.9 Å². The molecule has 0 aliphatic rings. The smallest absolute Gasteiger partial charge is 0.191 e. The number of hydrogen-bond donors (Lipinski definition) is 2. The van der Waals surface area contributed by atoms with Gasteiger partial charge in [0.05, 0.1) is 24.7 Å². The van der Waals surface area contributed by atoms with Crippen molar-refractivity contribution in [3.63, 3.8) is 0 Å². The highest BCUT2D eigenvalue weighted by Crippen LogP contribution is 2.21. The summed E-state index contributed by atoms with van der Waals surface area (Å²) in [4.78, 5) is 10.2. The number of nitrogens with one attached hydrogen (secondary N) is 2. The summed E-state index contributed by atoms with van der Waals surface area (Å²) < 4.78 is 10.9. The number of aryl methyl sites for hydroxylation is 2. The van der Waals surface area contributed by atoms with Crippen LogP contribution in [0.2, 0.25) is 0 Å². The van der Waals surface area contributed by atoms with E-state index < -0.39 is 0 Å². The van der Waals surface area contributed by atoms with Gasteiger partial charge in [0.15, 0.2) is 5.96 Å². The Morgan fingerprint density at radius 2 is 2.08 bits per heavy atom. The summed E-state index contributed by atoms with van der Waals surface area (Å²) in [5, 5.41) is 7.70. The fourth-order valence-corrected chi connectivity index (χ4v) is 3.06. The normalized spacial score (nSPS) is 11.5. The second kappa shape index (κ2) is 10.8. The molecule has 0 bridgehead atoms. The number of ether oxygens (including phenoxy) is 2. The van der Waals surface area contributed by atoms with Gasteiger partial charge in [-0.2, -0.15) is 0 Å². The van der Waals surface area contributed by atoms with Gasteiger partial charge in [0.1, 0.15) is 12.4 Å². The molecule has 2 rings (SSSR count). The van der Waals surface area contributed by atoms with Crippen LogP contribution in [0.15, 0.2) is 29.4 Å². The van der Waals surface area contributed by atoms with Crippen LogP contribution >= 0.6 is 11.3 Å². The minimum absolute atomic E-state index is 0.527. The number of nitrogens with zero attached hydrogens (tertiary/aromatic N) is 2. The molecule has 1 aromatic carbocycles. The lowest BCUT2D eigenvalue weighted by Gasteiger charge is -2.13. The summed E-state index contributed by atoms with van der Waals surface area (Å²) in [6, 6.07) is 6.19. The predicted molar refractivity (Wildman–Crippen MR) is 107 cm³/mol. The number of benzene rings is 1. The molecule has 0 saturated heterocycles. The molecule has 26 heavy (non-hydrogen) atoms. The van der Waals surface area contributed by atoms with Gasteiger partial charge in [0, 0.05) is 30.3 Å². The molecule has 0 atom stereocenters. The van der Waals surface area contributed by atoms with Crippen LogP contribution in [0.3, 0.4) is 0 Å². The standard InChI is InChI=1S/C19H28N4O2S/c1-5-20-19(23-13-17-12-21-15(3)26-17)22-11-16-7-6-14(2)10-18(16)25-9-8-24-4/h6-7,10,12H,5,8-9,11,13H2,1-4H3,(H2,20,22,23).